The maximum atomic E-state index is 12.8. The third-order valence-corrected chi connectivity index (χ3v) is 5.88. The van der Waals surface area contributed by atoms with E-state index in [2.05, 4.69) is 15.5 Å². The van der Waals surface area contributed by atoms with Crippen LogP contribution in [0.4, 0.5) is 0 Å². The SMILES string of the molecule is Cc1nc(C2CCN(C(=O)C3CC4CCCCC4N3)CC2)no1. The van der Waals surface area contributed by atoms with E-state index in [1.807, 2.05) is 11.8 Å². The van der Waals surface area contributed by atoms with Gasteiger partial charge in [-0.3, -0.25) is 4.79 Å². The van der Waals surface area contributed by atoms with Gasteiger partial charge in [-0.05, 0) is 38.0 Å². The van der Waals surface area contributed by atoms with Gasteiger partial charge in [-0.1, -0.05) is 18.0 Å². The number of nitrogens with zero attached hydrogens (tertiary/aromatic N) is 3. The van der Waals surface area contributed by atoms with Crippen molar-refractivity contribution >= 4 is 5.91 Å². The lowest BCUT2D eigenvalue weighted by atomic mass is 9.85. The van der Waals surface area contributed by atoms with Crippen molar-refractivity contribution in [2.45, 2.75) is 69.9 Å². The Morgan fingerprint density at radius 2 is 2.00 bits per heavy atom. The van der Waals surface area contributed by atoms with Crippen molar-refractivity contribution in [2.75, 3.05) is 13.1 Å². The van der Waals surface area contributed by atoms with Gasteiger partial charge in [-0.2, -0.15) is 4.98 Å². The first-order valence-corrected chi connectivity index (χ1v) is 9.06. The van der Waals surface area contributed by atoms with Gasteiger partial charge in [0.15, 0.2) is 5.82 Å². The second kappa shape index (κ2) is 6.23. The zero-order valence-electron chi connectivity index (χ0n) is 13.8. The van der Waals surface area contributed by atoms with Crippen LogP contribution in [0.3, 0.4) is 0 Å². The normalized spacial score (nSPS) is 32.0. The topological polar surface area (TPSA) is 71.3 Å². The van der Waals surface area contributed by atoms with Crippen LogP contribution in [0.25, 0.3) is 0 Å². The summed E-state index contributed by atoms with van der Waals surface area (Å²) in [5, 5.41) is 7.64. The number of hydrogen-bond donors (Lipinski definition) is 1. The number of amides is 1. The highest BCUT2D eigenvalue weighted by Gasteiger charge is 2.40. The van der Waals surface area contributed by atoms with Gasteiger partial charge in [0.2, 0.25) is 11.8 Å². The molecule has 6 nitrogen and oxygen atoms in total. The Morgan fingerprint density at radius 3 is 2.70 bits per heavy atom. The van der Waals surface area contributed by atoms with E-state index in [9.17, 15) is 4.79 Å². The molecular formula is C17H26N4O2. The summed E-state index contributed by atoms with van der Waals surface area (Å²) in [4.78, 5) is 19.2. The van der Waals surface area contributed by atoms with Gasteiger partial charge in [0.25, 0.3) is 0 Å². The number of likely N-dealkylation sites (tertiary alicyclic amines) is 1. The highest BCUT2D eigenvalue weighted by atomic mass is 16.5. The number of fused-ring (bicyclic) bond motifs is 1. The van der Waals surface area contributed by atoms with Crippen LogP contribution in [0.15, 0.2) is 4.52 Å². The summed E-state index contributed by atoms with van der Waals surface area (Å²) in [6.45, 7) is 3.44. The molecule has 0 aromatic carbocycles. The lowest BCUT2D eigenvalue weighted by Crippen LogP contribution is -2.48. The summed E-state index contributed by atoms with van der Waals surface area (Å²) < 4.78 is 5.08. The predicted molar refractivity (Wildman–Crippen MR) is 84.9 cm³/mol. The number of aryl methyl sites for hydroxylation is 1. The smallest absolute Gasteiger partial charge is 0.239 e. The van der Waals surface area contributed by atoms with Gasteiger partial charge >= 0.3 is 0 Å². The summed E-state index contributed by atoms with van der Waals surface area (Å²) >= 11 is 0. The lowest BCUT2D eigenvalue weighted by molar-refractivity contribution is -0.134. The molecule has 0 spiro atoms. The molecule has 1 saturated carbocycles. The van der Waals surface area contributed by atoms with Crippen LogP contribution in [-0.2, 0) is 4.79 Å². The fourth-order valence-corrected chi connectivity index (χ4v) is 4.57. The van der Waals surface area contributed by atoms with E-state index in [1.165, 1.54) is 25.7 Å². The van der Waals surface area contributed by atoms with Crippen molar-refractivity contribution in [3.8, 4) is 0 Å². The Kier molecular flexibility index (Phi) is 4.09. The second-order valence-electron chi connectivity index (χ2n) is 7.38. The third-order valence-electron chi connectivity index (χ3n) is 5.88. The highest BCUT2D eigenvalue weighted by Crippen LogP contribution is 2.34. The minimum absolute atomic E-state index is 0.0482. The zero-order valence-corrected chi connectivity index (χ0v) is 13.8. The highest BCUT2D eigenvalue weighted by molar-refractivity contribution is 5.82. The molecule has 1 aromatic heterocycles. The molecule has 126 valence electrons. The van der Waals surface area contributed by atoms with E-state index in [4.69, 9.17) is 4.52 Å². The molecule has 0 bridgehead atoms. The number of rotatable bonds is 2. The van der Waals surface area contributed by atoms with E-state index >= 15 is 0 Å². The third kappa shape index (κ3) is 3.01. The summed E-state index contributed by atoms with van der Waals surface area (Å²) in [6.07, 6.45) is 8.08. The number of hydrogen-bond acceptors (Lipinski definition) is 5. The molecule has 4 rings (SSSR count). The van der Waals surface area contributed by atoms with Crippen LogP contribution in [0.1, 0.15) is 62.6 Å². The van der Waals surface area contributed by atoms with E-state index < -0.39 is 0 Å². The minimum atomic E-state index is 0.0482. The number of carbonyl (C=O) groups is 1. The monoisotopic (exact) mass is 318 g/mol. The molecule has 6 heteroatoms. The first-order valence-electron chi connectivity index (χ1n) is 9.06. The number of piperidine rings is 1. The number of nitrogens with one attached hydrogen (secondary N) is 1. The molecule has 1 aliphatic carbocycles. The second-order valence-corrected chi connectivity index (χ2v) is 7.38. The molecule has 0 radical (unpaired) electrons. The Morgan fingerprint density at radius 1 is 1.22 bits per heavy atom. The first kappa shape index (κ1) is 15.1. The van der Waals surface area contributed by atoms with Crippen LogP contribution in [-0.4, -0.2) is 46.1 Å². The van der Waals surface area contributed by atoms with Gasteiger partial charge < -0.3 is 14.7 Å². The van der Waals surface area contributed by atoms with Crippen LogP contribution >= 0.6 is 0 Å². The largest absolute Gasteiger partial charge is 0.341 e. The van der Waals surface area contributed by atoms with Gasteiger partial charge in [0.05, 0.1) is 6.04 Å². The molecule has 3 atom stereocenters. The molecule has 1 N–H and O–H groups in total. The molecule has 3 fully saturated rings. The van der Waals surface area contributed by atoms with E-state index in [1.54, 1.807) is 0 Å². The fourth-order valence-electron chi connectivity index (χ4n) is 4.57. The van der Waals surface area contributed by atoms with Crippen molar-refractivity contribution in [1.29, 1.82) is 0 Å². The van der Waals surface area contributed by atoms with Gasteiger partial charge in [-0.15, -0.1) is 0 Å². The van der Waals surface area contributed by atoms with Crippen LogP contribution < -0.4 is 5.32 Å². The Hall–Kier alpha value is -1.43. The van der Waals surface area contributed by atoms with Crippen molar-refractivity contribution in [2.24, 2.45) is 5.92 Å². The molecule has 2 aliphatic heterocycles. The van der Waals surface area contributed by atoms with Crippen LogP contribution in [0.2, 0.25) is 0 Å². The lowest BCUT2D eigenvalue weighted by Gasteiger charge is -2.32. The number of carbonyl (C=O) groups excluding carboxylic acids is 1. The summed E-state index contributed by atoms with van der Waals surface area (Å²) in [5.74, 6) is 2.78. The summed E-state index contributed by atoms with van der Waals surface area (Å²) in [6, 6.07) is 0.629. The first-order chi connectivity index (χ1) is 11.2. The average molecular weight is 318 g/mol. The molecule has 1 aromatic rings. The van der Waals surface area contributed by atoms with Crippen LogP contribution in [0, 0.1) is 12.8 Å². The van der Waals surface area contributed by atoms with E-state index in [-0.39, 0.29) is 6.04 Å². The van der Waals surface area contributed by atoms with Gasteiger partial charge in [-0.25, -0.2) is 0 Å². The summed E-state index contributed by atoms with van der Waals surface area (Å²) in [7, 11) is 0. The maximum absolute atomic E-state index is 12.8. The minimum Gasteiger partial charge on any atom is -0.341 e. The van der Waals surface area contributed by atoms with Gasteiger partial charge in [0.1, 0.15) is 0 Å². The van der Waals surface area contributed by atoms with Crippen molar-refractivity contribution in [3.05, 3.63) is 11.7 Å². The van der Waals surface area contributed by atoms with Crippen LogP contribution in [0.5, 0.6) is 0 Å². The maximum Gasteiger partial charge on any atom is 0.239 e. The molecule has 23 heavy (non-hydrogen) atoms. The Bertz CT molecular complexity index is 551. The Balaban J connectivity index is 1.32. The molecule has 3 unspecified atom stereocenters. The Labute approximate surface area is 137 Å². The standard InChI is InChI=1S/C17H26N4O2/c1-11-18-16(20-23-11)12-6-8-21(9-7-12)17(22)15-10-13-4-2-3-5-14(13)19-15/h12-15,19H,2-10H2,1H3. The van der Waals surface area contributed by atoms with E-state index in [0.29, 0.717) is 23.8 Å². The summed E-state index contributed by atoms with van der Waals surface area (Å²) in [5.41, 5.74) is 0. The van der Waals surface area contributed by atoms with Crippen molar-refractivity contribution in [3.63, 3.8) is 0 Å². The average Bonchev–Trinajstić information content (AvgIpc) is 3.20. The van der Waals surface area contributed by atoms with Gasteiger partial charge in [0, 0.05) is 32.0 Å². The molecule has 3 aliphatic rings. The number of aromatic nitrogens is 2. The predicted octanol–water partition coefficient (Wildman–Crippen LogP) is 2.00. The van der Waals surface area contributed by atoms with E-state index in [0.717, 1.165) is 44.1 Å². The molecule has 1 amide bonds. The molecule has 3 heterocycles. The molecular weight excluding hydrogens is 292 g/mol. The molecule has 2 saturated heterocycles. The van der Waals surface area contributed by atoms with Crippen molar-refractivity contribution < 1.29 is 9.32 Å². The fraction of sp³-hybridized carbons (Fsp3) is 0.824. The zero-order chi connectivity index (χ0) is 15.8. The van der Waals surface area contributed by atoms with Crippen molar-refractivity contribution in [1.82, 2.24) is 20.4 Å². The quantitative estimate of drug-likeness (QED) is 0.903.